The van der Waals surface area contributed by atoms with Crippen molar-refractivity contribution in [3.05, 3.63) is 46.7 Å². The molecule has 0 radical (unpaired) electrons. The zero-order valence-corrected chi connectivity index (χ0v) is 16.3. The quantitative estimate of drug-likeness (QED) is 0.597. The number of carbonyl (C=O) groups is 1. The van der Waals surface area contributed by atoms with Gasteiger partial charge in [-0.05, 0) is 12.0 Å². The zero-order valence-electron chi connectivity index (χ0n) is 14.7. The number of rotatable bonds is 8. The van der Waals surface area contributed by atoms with Gasteiger partial charge in [0.05, 0.1) is 5.75 Å². The van der Waals surface area contributed by atoms with Gasteiger partial charge in [0.1, 0.15) is 10.8 Å². The lowest BCUT2D eigenvalue weighted by Crippen LogP contribution is -2.14. The summed E-state index contributed by atoms with van der Waals surface area (Å²) in [6.45, 7) is 2.09. The predicted molar refractivity (Wildman–Crippen MR) is 104 cm³/mol. The Morgan fingerprint density at radius 3 is 2.77 bits per heavy atom. The standard InChI is InChI=1S/C17H20N6OS2/c1-3-7-15-20-21-16(26-15)18-14(24)11-25-17-22-19-13(23(17)2)10-12-8-5-4-6-9-12/h4-6,8-9H,3,7,10-11H2,1-2H3,(H,18,21,24). The topological polar surface area (TPSA) is 85.6 Å². The zero-order chi connectivity index (χ0) is 18.4. The van der Waals surface area contributed by atoms with Gasteiger partial charge in [-0.2, -0.15) is 0 Å². The largest absolute Gasteiger partial charge is 0.309 e. The van der Waals surface area contributed by atoms with Crippen molar-refractivity contribution in [1.29, 1.82) is 0 Å². The third-order valence-corrected chi connectivity index (χ3v) is 5.56. The molecule has 0 saturated heterocycles. The SMILES string of the molecule is CCCc1nnc(NC(=O)CSc2nnc(Cc3ccccc3)n2C)s1. The molecule has 2 aromatic heterocycles. The van der Waals surface area contributed by atoms with Crippen molar-refractivity contribution < 1.29 is 4.79 Å². The molecule has 136 valence electrons. The third kappa shape index (κ3) is 4.89. The van der Waals surface area contributed by atoms with Crippen LogP contribution >= 0.6 is 23.1 Å². The van der Waals surface area contributed by atoms with Gasteiger partial charge < -0.3 is 4.57 Å². The van der Waals surface area contributed by atoms with Crippen LogP contribution in [0.3, 0.4) is 0 Å². The van der Waals surface area contributed by atoms with Gasteiger partial charge in [-0.15, -0.1) is 20.4 Å². The number of aryl methyl sites for hydroxylation is 1. The number of aromatic nitrogens is 5. The lowest BCUT2D eigenvalue weighted by atomic mass is 10.1. The highest BCUT2D eigenvalue weighted by molar-refractivity contribution is 7.99. The molecule has 3 rings (SSSR count). The van der Waals surface area contributed by atoms with Crippen LogP contribution in [-0.2, 0) is 24.7 Å². The molecule has 0 fully saturated rings. The number of hydrogen-bond acceptors (Lipinski definition) is 7. The molecule has 2 heterocycles. The van der Waals surface area contributed by atoms with Gasteiger partial charge in [0, 0.05) is 19.9 Å². The maximum Gasteiger partial charge on any atom is 0.236 e. The van der Waals surface area contributed by atoms with E-state index in [9.17, 15) is 4.79 Å². The van der Waals surface area contributed by atoms with Gasteiger partial charge in [-0.1, -0.05) is 60.4 Å². The number of amides is 1. The third-order valence-electron chi connectivity index (χ3n) is 3.64. The second-order valence-corrected chi connectivity index (χ2v) is 7.71. The summed E-state index contributed by atoms with van der Waals surface area (Å²) in [5.74, 6) is 0.995. The first-order valence-electron chi connectivity index (χ1n) is 8.33. The van der Waals surface area contributed by atoms with Crippen molar-refractivity contribution in [2.45, 2.75) is 31.3 Å². The Labute approximate surface area is 160 Å². The molecule has 0 aliphatic rings. The fourth-order valence-electron chi connectivity index (χ4n) is 2.31. The van der Waals surface area contributed by atoms with Crippen LogP contribution in [0.2, 0.25) is 0 Å². The van der Waals surface area contributed by atoms with E-state index in [2.05, 4.69) is 44.8 Å². The number of carbonyl (C=O) groups excluding carboxylic acids is 1. The second-order valence-electron chi connectivity index (χ2n) is 5.71. The monoisotopic (exact) mass is 388 g/mol. The number of thioether (sulfide) groups is 1. The molecule has 0 spiro atoms. The van der Waals surface area contributed by atoms with Crippen LogP contribution in [-0.4, -0.2) is 36.6 Å². The van der Waals surface area contributed by atoms with E-state index < -0.39 is 0 Å². The minimum atomic E-state index is -0.123. The van der Waals surface area contributed by atoms with Crippen molar-refractivity contribution in [3.63, 3.8) is 0 Å². The Morgan fingerprint density at radius 1 is 1.19 bits per heavy atom. The summed E-state index contributed by atoms with van der Waals surface area (Å²) < 4.78 is 1.93. The lowest BCUT2D eigenvalue weighted by Gasteiger charge is -2.04. The Hall–Kier alpha value is -2.26. The molecule has 9 heteroatoms. The number of nitrogens with zero attached hydrogens (tertiary/aromatic N) is 5. The van der Waals surface area contributed by atoms with Gasteiger partial charge >= 0.3 is 0 Å². The second kappa shape index (κ2) is 8.91. The summed E-state index contributed by atoms with van der Waals surface area (Å²) >= 11 is 2.78. The van der Waals surface area contributed by atoms with Crippen LogP contribution in [0.4, 0.5) is 5.13 Å². The first-order valence-corrected chi connectivity index (χ1v) is 10.1. The van der Waals surface area contributed by atoms with Crippen LogP contribution in [0.15, 0.2) is 35.5 Å². The normalized spacial score (nSPS) is 10.8. The molecule has 1 aromatic carbocycles. The first-order chi connectivity index (χ1) is 12.7. The van der Waals surface area contributed by atoms with Crippen LogP contribution in [0.25, 0.3) is 0 Å². The summed E-state index contributed by atoms with van der Waals surface area (Å²) in [5, 5.41) is 21.5. The smallest absolute Gasteiger partial charge is 0.236 e. The van der Waals surface area contributed by atoms with E-state index >= 15 is 0 Å². The highest BCUT2D eigenvalue weighted by Crippen LogP contribution is 2.19. The molecule has 7 nitrogen and oxygen atoms in total. The molecule has 1 amide bonds. The molecular weight excluding hydrogens is 368 g/mol. The summed E-state index contributed by atoms with van der Waals surface area (Å²) in [4.78, 5) is 12.1. The average Bonchev–Trinajstić information content (AvgIpc) is 3.22. The Bertz CT molecular complexity index is 861. The van der Waals surface area contributed by atoms with Crippen LogP contribution < -0.4 is 5.32 Å². The molecule has 0 saturated carbocycles. The minimum absolute atomic E-state index is 0.123. The van der Waals surface area contributed by atoms with E-state index in [1.165, 1.54) is 28.7 Å². The van der Waals surface area contributed by atoms with Crippen molar-refractivity contribution in [2.75, 3.05) is 11.1 Å². The van der Waals surface area contributed by atoms with Gasteiger partial charge in [0.25, 0.3) is 0 Å². The number of benzene rings is 1. The maximum absolute atomic E-state index is 12.1. The number of hydrogen-bond donors (Lipinski definition) is 1. The van der Waals surface area contributed by atoms with Gasteiger partial charge in [0.2, 0.25) is 11.0 Å². The van der Waals surface area contributed by atoms with Gasteiger partial charge in [-0.3, -0.25) is 10.1 Å². The Kier molecular flexibility index (Phi) is 6.35. The predicted octanol–water partition coefficient (Wildman–Crippen LogP) is 2.94. The van der Waals surface area contributed by atoms with E-state index in [0.717, 1.165) is 28.8 Å². The average molecular weight is 389 g/mol. The molecule has 3 aromatic rings. The van der Waals surface area contributed by atoms with Crippen LogP contribution in [0, 0.1) is 0 Å². The van der Waals surface area contributed by atoms with Crippen LogP contribution in [0.1, 0.15) is 29.7 Å². The number of nitrogens with one attached hydrogen (secondary N) is 1. The summed E-state index contributed by atoms with van der Waals surface area (Å²) in [6, 6.07) is 10.1. The fourth-order valence-corrected chi connectivity index (χ4v) is 3.90. The van der Waals surface area contributed by atoms with E-state index in [4.69, 9.17) is 0 Å². The lowest BCUT2D eigenvalue weighted by molar-refractivity contribution is -0.113. The molecular formula is C17H20N6OS2. The fraction of sp³-hybridized carbons (Fsp3) is 0.353. The van der Waals surface area contributed by atoms with Crippen LogP contribution in [0.5, 0.6) is 0 Å². The highest BCUT2D eigenvalue weighted by Gasteiger charge is 2.13. The molecule has 0 aliphatic heterocycles. The van der Waals surface area contributed by atoms with Crippen molar-refractivity contribution in [1.82, 2.24) is 25.0 Å². The summed E-state index contributed by atoms with van der Waals surface area (Å²) in [5.41, 5.74) is 1.18. The molecule has 0 unspecified atom stereocenters. The highest BCUT2D eigenvalue weighted by atomic mass is 32.2. The minimum Gasteiger partial charge on any atom is -0.309 e. The summed E-state index contributed by atoms with van der Waals surface area (Å²) in [7, 11) is 1.92. The molecule has 1 N–H and O–H groups in total. The summed E-state index contributed by atoms with van der Waals surface area (Å²) in [6.07, 6.45) is 2.60. The Balaban J connectivity index is 1.53. The Morgan fingerprint density at radius 2 is 2.00 bits per heavy atom. The van der Waals surface area contributed by atoms with E-state index in [0.29, 0.717) is 11.6 Å². The van der Waals surface area contributed by atoms with E-state index in [1.54, 1.807) is 0 Å². The molecule has 0 atom stereocenters. The number of anilines is 1. The molecule has 0 aliphatic carbocycles. The van der Waals surface area contributed by atoms with E-state index in [1.807, 2.05) is 29.8 Å². The molecule has 0 bridgehead atoms. The maximum atomic E-state index is 12.1. The van der Waals surface area contributed by atoms with Crippen molar-refractivity contribution >= 4 is 34.1 Å². The van der Waals surface area contributed by atoms with Gasteiger partial charge in [0.15, 0.2) is 5.16 Å². The van der Waals surface area contributed by atoms with E-state index in [-0.39, 0.29) is 11.7 Å². The van der Waals surface area contributed by atoms with Gasteiger partial charge in [-0.25, -0.2) is 0 Å². The molecule has 26 heavy (non-hydrogen) atoms. The van der Waals surface area contributed by atoms with Crippen molar-refractivity contribution in [3.8, 4) is 0 Å². The first kappa shape index (κ1) is 18.5. The van der Waals surface area contributed by atoms with Crippen molar-refractivity contribution in [2.24, 2.45) is 7.05 Å².